The Kier molecular flexibility index (Phi) is 4.28. The fraction of sp³-hybridized carbons (Fsp3) is 0.368. The number of ether oxygens (including phenoxy) is 2. The van der Waals surface area contributed by atoms with Gasteiger partial charge in [-0.2, -0.15) is 0 Å². The van der Waals surface area contributed by atoms with Crippen molar-refractivity contribution in [3.05, 3.63) is 53.9 Å². The minimum atomic E-state index is -0.291. The third kappa shape index (κ3) is 3.00. The molecule has 2 aromatic rings. The van der Waals surface area contributed by atoms with Gasteiger partial charge in [0.15, 0.2) is 0 Å². The second-order valence-electron chi connectivity index (χ2n) is 6.57. The Bertz CT molecular complexity index is 788. The first-order valence-corrected chi connectivity index (χ1v) is 8.68. The van der Waals surface area contributed by atoms with E-state index in [-0.39, 0.29) is 24.1 Å². The maximum absolute atomic E-state index is 12.5. The van der Waals surface area contributed by atoms with E-state index in [1.165, 1.54) is 0 Å². The molecule has 136 valence electrons. The van der Waals surface area contributed by atoms with E-state index in [9.17, 15) is 9.59 Å². The molecule has 7 heteroatoms. The molecule has 0 radical (unpaired) electrons. The summed E-state index contributed by atoms with van der Waals surface area (Å²) in [5.74, 6) is 0.749. The van der Waals surface area contributed by atoms with Crippen molar-refractivity contribution >= 4 is 12.0 Å². The molecular weight excluding hydrogens is 334 g/mol. The molecule has 0 aliphatic carbocycles. The fourth-order valence-corrected chi connectivity index (χ4v) is 3.60. The summed E-state index contributed by atoms with van der Waals surface area (Å²) in [6.07, 6.45) is 1.91. The molecule has 1 N–H and O–H groups in total. The van der Waals surface area contributed by atoms with Crippen molar-refractivity contribution < 1.29 is 19.1 Å². The SMILES string of the molecule is COc1ccc(CCN2C(=O)O[C@H]3CN(C(=O)c4ccc[nH]4)C[C@H]32)cc1. The quantitative estimate of drug-likeness (QED) is 0.889. The lowest BCUT2D eigenvalue weighted by molar-refractivity contribution is 0.0723. The number of aromatic nitrogens is 1. The highest BCUT2D eigenvalue weighted by Gasteiger charge is 2.48. The van der Waals surface area contributed by atoms with Crippen LogP contribution in [-0.2, 0) is 11.2 Å². The number of nitrogens with one attached hydrogen (secondary N) is 1. The highest BCUT2D eigenvalue weighted by Crippen LogP contribution is 2.28. The van der Waals surface area contributed by atoms with Crippen molar-refractivity contribution in [2.45, 2.75) is 18.6 Å². The third-order valence-electron chi connectivity index (χ3n) is 5.04. The van der Waals surface area contributed by atoms with Gasteiger partial charge >= 0.3 is 6.09 Å². The normalized spacial score (nSPS) is 21.7. The average molecular weight is 355 g/mol. The molecule has 2 aliphatic heterocycles. The van der Waals surface area contributed by atoms with Gasteiger partial charge in [-0.3, -0.25) is 9.69 Å². The van der Waals surface area contributed by atoms with Gasteiger partial charge in [-0.15, -0.1) is 0 Å². The van der Waals surface area contributed by atoms with E-state index < -0.39 is 0 Å². The zero-order chi connectivity index (χ0) is 18.1. The average Bonchev–Trinajstić information content (AvgIpc) is 3.37. The highest BCUT2D eigenvalue weighted by atomic mass is 16.6. The van der Waals surface area contributed by atoms with E-state index >= 15 is 0 Å². The Morgan fingerprint density at radius 1 is 1.27 bits per heavy atom. The Labute approximate surface area is 151 Å². The lowest BCUT2D eigenvalue weighted by Crippen LogP contribution is -2.40. The number of amides is 2. The topological polar surface area (TPSA) is 74.9 Å². The third-order valence-corrected chi connectivity index (χ3v) is 5.04. The van der Waals surface area contributed by atoms with E-state index in [4.69, 9.17) is 9.47 Å². The van der Waals surface area contributed by atoms with Crippen LogP contribution in [0.1, 0.15) is 16.1 Å². The molecule has 2 fully saturated rings. The lowest BCUT2D eigenvalue weighted by atomic mass is 10.1. The van der Waals surface area contributed by atoms with Gasteiger partial charge in [0.1, 0.15) is 17.5 Å². The van der Waals surface area contributed by atoms with E-state index in [1.54, 1.807) is 35.2 Å². The summed E-state index contributed by atoms with van der Waals surface area (Å²) in [6, 6.07) is 11.3. The largest absolute Gasteiger partial charge is 0.497 e. The van der Waals surface area contributed by atoms with Crippen LogP contribution in [0.2, 0.25) is 0 Å². The summed E-state index contributed by atoms with van der Waals surface area (Å²) < 4.78 is 10.6. The summed E-state index contributed by atoms with van der Waals surface area (Å²) in [7, 11) is 1.63. The van der Waals surface area contributed by atoms with Gasteiger partial charge < -0.3 is 19.4 Å². The fourth-order valence-electron chi connectivity index (χ4n) is 3.60. The molecule has 4 rings (SSSR count). The van der Waals surface area contributed by atoms with Crippen LogP contribution >= 0.6 is 0 Å². The van der Waals surface area contributed by atoms with Crippen LogP contribution in [0.5, 0.6) is 5.75 Å². The van der Waals surface area contributed by atoms with Gasteiger partial charge in [-0.25, -0.2) is 4.79 Å². The standard InChI is InChI=1S/C19H21N3O4/c1-25-14-6-4-13(5-7-14)8-10-22-16-11-21(12-17(16)26-19(22)24)18(23)15-3-2-9-20-15/h2-7,9,16-17,20H,8,10-12H2,1H3/t16-,17+/m1/s1. The first kappa shape index (κ1) is 16.5. The highest BCUT2D eigenvalue weighted by molar-refractivity contribution is 5.93. The first-order chi connectivity index (χ1) is 12.7. The number of fused-ring (bicyclic) bond motifs is 1. The molecule has 1 aromatic carbocycles. The van der Waals surface area contributed by atoms with Crippen LogP contribution < -0.4 is 4.74 Å². The number of hydrogen-bond acceptors (Lipinski definition) is 4. The van der Waals surface area contributed by atoms with E-state index in [1.807, 2.05) is 24.3 Å². The molecule has 2 aliphatic rings. The van der Waals surface area contributed by atoms with Gasteiger partial charge in [0.05, 0.1) is 19.7 Å². The zero-order valence-electron chi connectivity index (χ0n) is 14.6. The van der Waals surface area contributed by atoms with Crippen LogP contribution in [0.15, 0.2) is 42.6 Å². The number of carbonyl (C=O) groups is 2. The minimum Gasteiger partial charge on any atom is -0.497 e. The van der Waals surface area contributed by atoms with Crippen molar-refractivity contribution in [3.63, 3.8) is 0 Å². The van der Waals surface area contributed by atoms with Crippen LogP contribution in [0.4, 0.5) is 4.79 Å². The molecule has 7 nitrogen and oxygen atoms in total. The van der Waals surface area contributed by atoms with Crippen molar-refractivity contribution in [1.82, 2.24) is 14.8 Å². The molecule has 0 bridgehead atoms. The predicted molar refractivity (Wildman–Crippen MR) is 94.2 cm³/mol. The molecule has 3 heterocycles. The summed E-state index contributed by atoms with van der Waals surface area (Å²) >= 11 is 0. The van der Waals surface area contributed by atoms with Crippen molar-refractivity contribution in [1.29, 1.82) is 0 Å². The monoisotopic (exact) mass is 355 g/mol. The van der Waals surface area contributed by atoms with Gasteiger partial charge in [-0.1, -0.05) is 12.1 Å². The van der Waals surface area contributed by atoms with E-state index in [2.05, 4.69) is 4.98 Å². The van der Waals surface area contributed by atoms with Crippen LogP contribution in [0.25, 0.3) is 0 Å². The Morgan fingerprint density at radius 3 is 2.77 bits per heavy atom. The lowest BCUT2D eigenvalue weighted by Gasteiger charge is -2.22. The smallest absolute Gasteiger partial charge is 0.410 e. The van der Waals surface area contributed by atoms with Crippen molar-refractivity contribution in [2.75, 3.05) is 26.7 Å². The maximum Gasteiger partial charge on any atom is 0.410 e. The molecule has 2 saturated heterocycles. The maximum atomic E-state index is 12.5. The number of methoxy groups -OCH3 is 1. The van der Waals surface area contributed by atoms with E-state index in [0.717, 1.165) is 17.7 Å². The van der Waals surface area contributed by atoms with Crippen LogP contribution in [0, 0.1) is 0 Å². The summed E-state index contributed by atoms with van der Waals surface area (Å²) in [6.45, 7) is 1.50. The van der Waals surface area contributed by atoms with Crippen LogP contribution in [-0.4, -0.2) is 65.7 Å². The summed E-state index contributed by atoms with van der Waals surface area (Å²) in [4.78, 5) is 31.1. The molecule has 26 heavy (non-hydrogen) atoms. The van der Waals surface area contributed by atoms with Crippen molar-refractivity contribution in [2.24, 2.45) is 0 Å². The number of benzene rings is 1. The Balaban J connectivity index is 1.39. The Morgan fingerprint density at radius 2 is 2.08 bits per heavy atom. The number of aromatic amines is 1. The molecule has 2 amide bonds. The second kappa shape index (κ2) is 6.74. The summed E-state index contributed by atoms with van der Waals surface area (Å²) in [5.41, 5.74) is 1.68. The number of likely N-dealkylation sites (tertiary alicyclic amines) is 1. The molecule has 2 atom stereocenters. The van der Waals surface area contributed by atoms with E-state index in [0.29, 0.717) is 25.3 Å². The number of H-pyrrole nitrogens is 1. The van der Waals surface area contributed by atoms with Gasteiger partial charge in [-0.05, 0) is 36.2 Å². The predicted octanol–water partition coefficient (Wildman–Crippen LogP) is 1.91. The number of nitrogens with zero attached hydrogens (tertiary/aromatic N) is 2. The molecule has 0 unspecified atom stereocenters. The summed E-state index contributed by atoms with van der Waals surface area (Å²) in [5, 5.41) is 0. The van der Waals surface area contributed by atoms with Crippen molar-refractivity contribution in [3.8, 4) is 5.75 Å². The molecule has 1 aromatic heterocycles. The number of carbonyl (C=O) groups excluding carboxylic acids is 2. The second-order valence-corrected chi connectivity index (χ2v) is 6.57. The minimum absolute atomic E-state index is 0.0597. The Hall–Kier alpha value is -2.96. The molecule has 0 spiro atoms. The van der Waals surface area contributed by atoms with Gasteiger partial charge in [0.2, 0.25) is 0 Å². The number of rotatable bonds is 5. The molecular formula is C19H21N3O4. The van der Waals surface area contributed by atoms with Gasteiger partial charge in [0.25, 0.3) is 5.91 Å². The number of hydrogen-bond donors (Lipinski definition) is 1. The first-order valence-electron chi connectivity index (χ1n) is 8.68. The molecule has 0 saturated carbocycles. The van der Waals surface area contributed by atoms with Crippen LogP contribution in [0.3, 0.4) is 0 Å². The van der Waals surface area contributed by atoms with Gasteiger partial charge in [0, 0.05) is 19.3 Å². The zero-order valence-corrected chi connectivity index (χ0v) is 14.6.